The van der Waals surface area contributed by atoms with Gasteiger partial charge in [0.1, 0.15) is 5.82 Å². The zero-order valence-electron chi connectivity index (χ0n) is 10.4. The molecule has 0 amide bonds. The molecule has 0 bridgehead atoms. The SMILES string of the molecule is N#CCCCCNS(=O)(=O)c1ccc(F)cc1[N+](=O)[O-]. The quantitative estimate of drug-likeness (QED) is 0.468. The van der Waals surface area contributed by atoms with Crippen molar-refractivity contribution in [3.8, 4) is 6.07 Å². The van der Waals surface area contributed by atoms with Crippen molar-refractivity contribution in [1.29, 1.82) is 5.26 Å². The first-order chi connectivity index (χ1) is 9.38. The Balaban J connectivity index is 2.88. The smallest absolute Gasteiger partial charge is 0.258 e. The molecule has 0 saturated carbocycles. The second kappa shape index (κ2) is 6.93. The molecule has 0 unspecified atom stereocenters. The predicted octanol–water partition coefficient (Wildman–Crippen LogP) is 1.71. The number of halogens is 1. The molecule has 0 aliphatic heterocycles. The molecular formula is C11H12FN3O4S. The lowest BCUT2D eigenvalue weighted by atomic mass is 10.2. The number of nitro benzene ring substituents is 1. The number of nitriles is 1. The second-order valence-electron chi connectivity index (χ2n) is 3.88. The molecule has 7 nitrogen and oxygen atoms in total. The van der Waals surface area contributed by atoms with E-state index in [0.717, 1.165) is 12.1 Å². The molecule has 0 atom stereocenters. The maximum absolute atomic E-state index is 12.9. The van der Waals surface area contributed by atoms with Gasteiger partial charge in [-0.3, -0.25) is 10.1 Å². The van der Waals surface area contributed by atoms with Gasteiger partial charge in [0.15, 0.2) is 4.90 Å². The second-order valence-corrected chi connectivity index (χ2v) is 5.62. The summed E-state index contributed by atoms with van der Waals surface area (Å²) in [6.07, 6.45) is 1.25. The Kier molecular flexibility index (Phi) is 5.54. The van der Waals surface area contributed by atoms with Gasteiger partial charge in [0.05, 0.1) is 17.1 Å². The van der Waals surface area contributed by atoms with Crippen LogP contribution in [0.25, 0.3) is 0 Å². The van der Waals surface area contributed by atoms with E-state index in [9.17, 15) is 22.9 Å². The fourth-order valence-corrected chi connectivity index (χ4v) is 2.70. The maximum Gasteiger partial charge on any atom is 0.292 e. The van der Waals surface area contributed by atoms with Crippen molar-refractivity contribution in [3.63, 3.8) is 0 Å². The number of unbranched alkanes of at least 4 members (excludes halogenated alkanes) is 2. The van der Waals surface area contributed by atoms with Gasteiger partial charge in [-0.2, -0.15) is 5.26 Å². The summed E-state index contributed by atoms with van der Waals surface area (Å²) in [6, 6.07) is 4.18. The summed E-state index contributed by atoms with van der Waals surface area (Å²) < 4.78 is 38.9. The first kappa shape index (κ1) is 16.0. The fraction of sp³-hybridized carbons (Fsp3) is 0.364. The van der Waals surface area contributed by atoms with Gasteiger partial charge in [-0.05, 0) is 25.0 Å². The van der Waals surface area contributed by atoms with Gasteiger partial charge in [-0.25, -0.2) is 17.5 Å². The molecule has 0 radical (unpaired) electrons. The Morgan fingerprint density at radius 2 is 2.10 bits per heavy atom. The summed E-state index contributed by atoms with van der Waals surface area (Å²) in [6.45, 7) is 0.0541. The number of sulfonamides is 1. The van der Waals surface area contributed by atoms with Gasteiger partial charge in [0.25, 0.3) is 5.69 Å². The molecule has 0 aliphatic rings. The number of hydrogen-bond donors (Lipinski definition) is 1. The van der Waals surface area contributed by atoms with Gasteiger partial charge >= 0.3 is 0 Å². The first-order valence-electron chi connectivity index (χ1n) is 5.69. The van der Waals surface area contributed by atoms with Gasteiger partial charge < -0.3 is 0 Å². The lowest BCUT2D eigenvalue weighted by Crippen LogP contribution is -2.25. The van der Waals surface area contributed by atoms with Gasteiger partial charge in [0, 0.05) is 13.0 Å². The number of hydrogen-bond acceptors (Lipinski definition) is 5. The van der Waals surface area contributed by atoms with Crippen LogP contribution in [0.2, 0.25) is 0 Å². The summed E-state index contributed by atoms with van der Waals surface area (Å²) in [4.78, 5) is 9.22. The Morgan fingerprint density at radius 3 is 2.70 bits per heavy atom. The minimum Gasteiger partial charge on any atom is -0.258 e. The van der Waals surface area contributed by atoms with E-state index in [1.165, 1.54) is 0 Å². The third-order valence-corrected chi connectivity index (χ3v) is 3.92. The largest absolute Gasteiger partial charge is 0.292 e. The van der Waals surface area contributed by atoms with Crippen molar-refractivity contribution in [3.05, 3.63) is 34.1 Å². The van der Waals surface area contributed by atoms with Crippen LogP contribution in [0, 0.1) is 27.3 Å². The molecule has 108 valence electrons. The molecule has 1 N–H and O–H groups in total. The highest BCUT2D eigenvalue weighted by Crippen LogP contribution is 2.24. The molecule has 0 spiro atoms. The Bertz CT molecular complexity index is 640. The van der Waals surface area contributed by atoms with E-state index in [-0.39, 0.29) is 6.54 Å². The van der Waals surface area contributed by atoms with Crippen LogP contribution in [0.3, 0.4) is 0 Å². The van der Waals surface area contributed by atoms with Crippen LogP contribution in [0.15, 0.2) is 23.1 Å². The molecule has 0 fully saturated rings. The molecule has 1 aromatic carbocycles. The van der Waals surface area contributed by atoms with Crippen LogP contribution in [0.5, 0.6) is 0 Å². The number of nitro groups is 1. The van der Waals surface area contributed by atoms with Gasteiger partial charge in [-0.1, -0.05) is 0 Å². The van der Waals surface area contributed by atoms with Crippen LogP contribution in [-0.4, -0.2) is 19.9 Å². The van der Waals surface area contributed by atoms with Crippen LogP contribution in [0.1, 0.15) is 19.3 Å². The zero-order valence-corrected chi connectivity index (χ0v) is 11.2. The lowest BCUT2D eigenvalue weighted by molar-refractivity contribution is -0.388. The molecule has 0 aliphatic carbocycles. The third-order valence-electron chi connectivity index (χ3n) is 2.41. The average Bonchev–Trinajstić information content (AvgIpc) is 2.38. The summed E-state index contributed by atoms with van der Waals surface area (Å²) in [5.74, 6) is -0.885. The minimum absolute atomic E-state index is 0.0541. The topological polar surface area (TPSA) is 113 Å². The van der Waals surface area contributed by atoms with Crippen molar-refractivity contribution in [2.45, 2.75) is 24.2 Å². The Labute approximate surface area is 115 Å². The Morgan fingerprint density at radius 1 is 1.40 bits per heavy atom. The van der Waals surface area contributed by atoms with Crippen LogP contribution >= 0.6 is 0 Å². The van der Waals surface area contributed by atoms with E-state index in [2.05, 4.69) is 4.72 Å². The highest BCUT2D eigenvalue weighted by atomic mass is 32.2. The van der Waals surface area contributed by atoms with Crippen molar-refractivity contribution < 1.29 is 17.7 Å². The van der Waals surface area contributed by atoms with E-state index < -0.39 is 31.3 Å². The van der Waals surface area contributed by atoms with E-state index in [4.69, 9.17) is 5.26 Å². The molecule has 0 heterocycles. The molecule has 9 heteroatoms. The zero-order chi connectivity index (χ0) is 15.2. The summed E-state index contributed by atoms with van der Waals surface area (Å²) in [7, 11) is -4.08. The highest BCUT2D eigenvalue weighted by molar-refractivity contribution is 7.89. The molecule has 0 aromatic heterocycles. The number of nitrogens with zero attached hydrogens (tertiary/aromatic N) is 2. The molecule has 20 heavy (non-hydrogen) atoms. The highest BCUT2D eigenvalue weighted by Gasteiger charge is 2.25. The van der Waals surface area contributed by atoms with E-state index in [1.54, 1.807) is 0 Å². The normalized spacial score (nSPS) is 11.0. The standard InChI is InChI=1S/C11H12FN3O4S/c12-9-4-5-11(10(8-9)15(16)17)20(18,19)14-7-3-1-2-6-13/h4-5,8,14H,1-3,7H2. The molecule has 1 rings (SSSR count). The van der Waals surface area contributed by atoms with Gasteiger partial charge in [-0.15, -0.1) is 0 Å². The minimum atomic E-state index is -4.08. The van der Waals surface area contributed by atoms with Crippen molar-refractivity contribution in [2.24, 2.45) is 0 Å². The summed E-state index contributed by atoms with van der Waals surface area (Å²) >= 11 is 0. The third kappa shape index (κ3) is 4.25. The van der Waals surface area contributed by atoms with E-state index in [0.29, 0.717) is 25.3 Å². The monoisotopic (exact) mass is 301 g/mol. The van der Waals surface area contributed by atoms with Gasteiger partial charge in [0.2, 0.25) is 10.0 Å². The first-order valence-corrected chi connectivity index (χ1v) is 7.17. The van der Waals surface area contributed by atoms with Crippen LogP contribution in [-0.2, 0) is 10.0 Å². The average molecular weight is 301 g/mol. The number of rotatable bonds is 7. The van der Waals surface area contributed by atoms with Crippen molar-refractivity contribution in [1.82, 2.24) is 4.72 Å². The molecular weight excluding hydrogens is 289 g/mol. The molecule has 0 saturated heterocycles. The Hall–Kier alpha value is -2.05. The fourth-order valence-electron chi connectivity index (χ4n) is 1.47. The summed E-state index contributed by atoms with van der Waals surface area (Å²) in [5, 5.41) is 19.1. The van der Waals surface area contributed by atoms with Crippen molar-refractivity contribution in [2.75, 3.05) is 6.54 Å². The van der Waals surface area contributed by atoms with Crippen LogP contribution in [0.4, 0.5) is 10.1 Å². The van der Waals surface area contributed by atoms with Crippen molar-refractivity contribution >= 4 is 15.7 Å². The maximum atomic E-state index is 12.9. The molecule has 1 aromatic rings. The number of benzene rings is 1. The van der Waals surface area contributed by atoms with E-state index >= 15 is 0 Å². The summed E-state index contributed by atoms with van der Waals surface area (Å²) in [5.41, 5.74) is -0.811. The van der Waals surface area contributed by atoms with Crippen LogP contribution < -0.4 is 4.72 Å². The number of nitrogens with one attached hydrogen (secondary N) is 1. The van der Waals surface area contributed by atoms with E-state index in [1.807, 2.05) is 6.07 Å². The lowest BCUT2D eigenvalue weighted by Gasteiger charge is -2.06. The predicted molar refractivity (Wildman–Crippen MR) is 67.7 cm³/mol.